The van der Waals surface area contributed by atoms with Crippen molar-refractivity contribution in [1.82, 2.24) is 9.47 Å². The summed E-state index contributed by atoms with van der Waals surface area (Å²) in [4.78, 5) is 26.4. The molecule has 0 bridgehead atoms. The second-order valence-electron chi connectivity index (χ2n) is 4.78. The number of aromatic nitrogens is 1. The van der Waals surface area contributed by atoms with Gasteiger partial charge in [-0.3, -0.25) is 14.2 Å². The van der Waals surface area contributed by atoms with Gasteiger partial charge in [-0.2, -0.15) is 0 Å². The Morgan fingerprint density at radius 3 is 2.58 bits per heavy atom. The van der Waals surface area contributed by atoms with Gasteiger partial charge in [0, 0.05) is 19.5 Å². The van der Waals surface area contributed by atoms with E-state index >= 15 is 0 Å². The van der Waals surface area contributed by atoms with Crippen LogP contribution in [0.4, 0.5) is 0 Å². The Kier molecular flexibility index (Phi) is 2.31. The highest BCUT2D eigenvalue weighted by atomic mass is 16.5. The lowest BCUT2D eigenvalue weighted by atomic mass is 10.1. The van der Waals surface area contributed by atoms with Crippen LogP contribution >= 0.6 is 0 Å². The van der Waals surface area contributed by atoms with Crippen molar-refractivity contribution in [2.45, 2.75) is 12.6 Å². The number of amides is 1. The third-order valence-corrected chi connectivity index (χ3v) is 3.87. The van der Waals surface area contributed by atoms with Crippen LogP contribution in [0.5, 0.6) is 0 Å². The number of hydrogen-bond acceptors (Lipinski definition) is 3. The fourth-order valence-corrected chi connectivity index (χ4v) is 2.47. The summed E-state index contributed by atoms with van der Waals surface area (Å²) in [5.74, 6) is -0.478. The zero-order valence-electron chi connectivity index (χ0n) is 11.0. The third kappa shape index (κ3) is 1.33. The van der Waals surface area contributed by atoms with Gasteiger partial charge in [0.1, 0.15) is 5.69 Å². The van der Waals surface area contributed by atoms with Gasteiger partial charge >= 0.3 is 0 Å². The molecule has 0 aliphatic carbocycles. The van der Waals surface area contributed by atoms with Crippen molar-refractivity contribution in [3.8, 4) is 0 Å². The van der Waals surface area contributed by atoms with E-state index in [1.54, 1.807) is 20.0 Å². The van der Waals surface area contributed by atoms with E-state index in [9.17, 15) is 9.59 Å². The summed E-state index contributed by atoms with van der Waals surface area (Å²) in [5, 5.41) is 0.868. The maximum absolute atomic E-state index is 12.6. The van der Waals surface area contributed by atoms with Crippen molar-refractivity contribution in [3.05, 3.63) is 36.0 Å². The van der Waals surface area contributed by atoms with Crippen LogP contribution in [0.1, 0.15) is 22.2 Å². The van der Waals surface area contributed by atoms with E-state index < -0.39 is 5.72 Å². The maximum Gasteiger partial charge on any atom is 0.285 e. The summed E-state index contributed by atoms with van der Waals surface area (Å²) in [6.45, 7) is 1.60. The summed E-state index contributed by atoms with van der Waals surface area (Å²) in [6.07, 6.45) is 0. The molecular weight excluding hydrogens is 244 g/mol. The number of carbonyl (C=O) groups excluding carboxylic acids is 2. The summed E-state index contributed by atoms with van der Waals surface area (Å²) in [5.41, 5.74) is -0.165. The van der Waals surface area contributed by atoms with Crippen LogP contribution in [0.2, 0.25) is 0 Å². The van der Waals surface area contributed by atoms with E-state index in [2.05, 4.69) is 0 Å². The second kappa shape index (κ2) is 3.68. The molecular formula is C14H14N2O3. The number of hydrogen-bond donors (Lipinski definition) is 0. The molecule has 1 amide bonds. The number of para-hydroxylation sites is 1. The Bertz CT molecular complexity index is 704. The van der Waals surface area contributed by atoms with Gasteiger partial charge in [0.25, 0.3) is 11.8 Å². The van der Waals surface area contributed by atoms with Gasteiger partial charge in [-0.1, -0.05) is 18.2 Å². The molecule has 1 aliphatic heterocycles. The smallest absolute Gasteiger partial charge is 0.285 e. The van der Waals surface area contributed by atoms with Crippen molar-refractivity contribution < 1.29 is 14.3 Å². The van der Waals surface area contributed by atoms with E-state index in [0.717, 1.165) is 10.9 Å². The largest absolute Gasteiger partial charge is 0.351 e. The van der Waals surface area contributed by atoms with Crippen LogP contribution in [-0.2, 0) is 4.74 Å². The number of carbonyl (C=O) groups is 2. The molecule has 1 aromatic heterocycles. The summed E-state index contributed by atoms with van der Waals surface area (Å²) >= 11 is 0. The van der Waals surface area contributed by atoms with E-state index in [1.165, 1.54) is 16.6 Å². The SMILES string of the molecule is COC1(C)C(=O)n2c(cc3ccccc32)C(=O)N1C. The molecule has 3 rings (SSSR count). The molecule has 1 aromatic carbocycles. The lowest BCUT2D eigenvalue weighted by Gasteiger charge is -2.39. The minimum Gasteiger partial charge on any atom is -0.351 e. The highest BCUT2D eigenvalue weighted by Gasteiger charge is 2.47. The van der Waals surface area contributed by atoms with Crippen molar-refractivity contribution in [2.75, 3.05) is 14.2 Å². The van der Waals surface area contributed by atoms with Gasteiger partial charge in [-0.05, 0) is 19.1 Å². The highest BCUT2D eigenvalue weighted by molar-refractivity contribution is 6.11. The molecule has 1 atom stereocenters. The van der Waals surface area contributed by atoms with E-state index in [1.807, 2.05) is 24.3 Å². The molecule has 0 fully saturated rings. The molecule has 5 nitrogen and oxygen atoms in total. The van der Waals surface area contributed by atoms with Gasteiger partial charge in [0.05, 0.1) is 5.52 Å². The summed E-state index contributed by atoms with van der Waals surface area (Å²) in [6, 6.07) is 9.16. The number of nitrogens with zero attached hydrogens (tertiary/aromatic N) is 2. The first-order valence-electron chi connectivity index (χ1n) is 5.99. The predicted octanol–water partition coefficient (Wildman–Crippen LogP) is 1.73. The van der Waals surface area contributed by atoms with E-state index in [-0.39, 0.29) is 11.8 Å². The topological polar surface area (TPSA) is 51.5 Å². The lowest BCUT2D eigenvalue weighted by Crippen LogP contribution is -2.60. The third-order valence-electron chi connectivity index (χ3n) is 3.87. The number of benzene rings is 1. The van der Waals surface area contributed by atoms with Crippen LogP contribution in [0, 0.1) is 0 Å². The number of likely N-dealkylation sites (N-methyl/N-ethyl adjacent to an activating group) is 1. The molecule has 2 heterocycles. The van der Waals surface area contributed by atoms with Crippen molar-refractivity contribution in [1.29, 1.82) is 0 Å². The standard InChI is InChI=1S/C14H14N2O3/c1-14(19-3)13(18)16-10-7-5-4-6-9(10)8-11(16)12(17)15(14)2/h4-8H,1-3H3. The van der Waals surface area contributed by atoms with Crippen LogP contribution in [0.25, 0.3) is 10.9 Å². The minimum atomic E-state index is -1.27. The zero-order valence-corrected chi connectivity index (χ0v) is 11.0. The normalized spacial score (nSPS) is 23.0. The molecule has 98 valence electrons. The Labute approximate surface area is 110 Å². The predicted molar refractivity (Wildman–Crippen MR) is 70.1 cm³/mol. The van der Waals surface area contributed by atoms with Crippen molar-refractivity contribution >= 4 is 22.7 Å². The molecule has 0 spiro atoms. The van der Waals surface area contributed by atoms with Crippen LogP contribution in [-0.4, -0.2) is 41.2 Å². The minimum absolute atomic E-state index is 0.222. The quantitative estimate of drug-likeness (QED) is 0.782. The first kappa shape index (κ1) is 11.9. The molecule has 0 saturated carbocycles. The van der Waals surface area contributed by atoms with Gasteiger partial charge in [-0.15, -0.1) is 0 Å². The molecule has 0 N–H and O–H groups in total. The Balaban J connectivity index is 2.37. The Morgan fingerprint density at radius 2 is 1.89 bits per heavy atom. The summed E-state index contributed by atoms with van der Waals surface area (Å²) in [7, 11) is 3.00. The first-order valence-corrected chi connectivity index (χ1v) is 5.99. The fourth-order valence-electron chi connectivity index (χ4n) is 2.47. The van der Waals surface area contributed by atoms with E-state index in [4.69, 9.17) is 4.74 Å². The second-order valence-corrected chi connectivity index (χ2v) is 4.78. The number of methoxy groups -OCH3 is 1. The highest BCUT2D eigenvalue weighted by Crippen LogP contribution is 2.31. The Morgan fingerprint density at radius 1 is 1.21 bits per heavy atom. The molecule has 19 heavy (non-hydrogen) atoms. The lowest BCUT2D eigenvalue weighted by molar-refractivity contribution is -0.0750. The van der Waals surface area contributed by atoms with Crippen molar-refractivity contribution in [3.63, 3.8) is 0 Å². The maximum atomic E-state index is 12.6. The average Bonchev–Trinajstić information content (AvgIpc) is 2.82. The monoisotopic (exact) mass is 258 g/mol. The molecule has 5 heteroatoms. The van der Waals surface area contributed by atoms with Gasteiger partial charge < -0.3 is 9.64 Å². The first-order chi connectivity index (χ1) is 9.00. The number of ether oxygens (including phenoxy) is 1. The van der Waals surface area contributed by atoms with Gasteiger partial charge in [0.2, 0.25) is 5.72 Å². The fraction of sp³-hybridized carbons (Fsp3) is 0.286. The Hall–Kier alpha value is -2.14. The number of fused-ring (bicyclic) bond motifs is 3. The van der Waals surface area contributed by atoms with Crippen LogP contribution < -0.4 is 0 Å². The molecule has 0 radical (unpaired) electrons. The summed E-state index contributed by atoms with van der Waals surface area (Å²) < 4.78 is 6.73. The zero-order chi connectivity index (χ0) is 13.8. The number of rotatable bonds is 1. The van der Waals surface area contributed by atoms with Crippen molar-refractivity contribution in [2.24, 2.45) is 0 Å². The molecule has 1 aliphatic rings. The van der Waals surface area contributed by atoms with Crippen LogP contribution in [0.3, 0.4) is 0 Å². The molecule has 2 aromatic rings. The van der Waals surface area contributed by atoms with E-state index in [0.29, 0.717) is 5.69 Å². The van der Waals surface area contributed by atoms with Gasteiger partial charge in [-0.25, -0.2) is 0 Å². The average molecular weight is 258 g/mol. The van der Waals surface area contributed by atoms with Gasteiger partial charge in [0.15, 0.2) is 0 Å². The molecule has 0 saturated heterocycles. The van der Waals surface area contributed by atoms with Crippen LogP contribution in [0.15, 0.2) is 30.3 Å². The molecule has 1 unspecified atom stereocenters.